The number of thiazole rings is 1. The van der Waals surface area contributed by atoms with Crippen molar-refractivity contribution in [2.75, 3.05) is 12.4 Å². The molecule has 0 atom stereocenters. The van der Waals surface area contributed by atoms with Crippen LogP contribution in [-0.2, 0) is 0 Å². The number of pyridine rings is 1. The molecule has 0 fully saturated rings. The molecule has 0 saturated heterocycles. The highest BCUT2D eigenvalue weighted by Gasteiger charge is 2.14. The second-order valence-corrected chi connectivity index (χ2v) is 7.26. The third-order valence-electron chi connectivity index (χ3n) is 4.11. The molecule has 0 amide bonds. The number of fused-ring (bicyclic) bond motifs is 1. The molecular formula is C19H17ClN4OS. The van der Waals surface area contributed by atoms with E-state index in [1.165, 1.54) is 5.56 Å². The lowest BCUT2D eigenvalue weighted by Crippen LogP contribution is -1.93. The molecule has 4 rings (SSSR count). The number of aromatic nitrogens is 3. The second kappa shape index (κ2) is 6.63. The fourth-order valence-electron chi connectivity index (χ4n) is 2.88. The van der Waals surface area contributed by atoms with Crippen LogP contribution in [0.4, 0.5) is 10.8 Å². The number of rotatable bonds is 4. The van der Waals surface area contributed by atoms with E-state index >= 15 is 0 Å². The minimum atomic E-state index is 0.558. The van der Waals surface area contributed by atoms with E-state index in [9.17, 15) is 0 Å². The van der Waals surface area contributed by atoms with Crippen LogP contribution < -0.4 is 10.1 Å². The monoisotopic (exact) mass is 384 g/mol. The van der Waals surface area contributed by atoms with Crippen LogP contribution in [0, 0.1) is 13.8 Å². The summed E-state index contributed by atoms with van der Waals surface area (Å²) in [7, 11) is 1.60. The number of nitrogens with one attached hydrogen (secondary N) is 1. The fourth-order valence-corrected chi connectivity index (χ4v) is 3.85. The normalized spacial score (nSPS) is 11.1. The van der Waals surface area contributed by atoms with Gasteiger partial charge in [0.05, 0.1) is 23.5 Å². The van der Waals surface area contributed by atoms with E-state index in [2.05, 4.69) is 33.8 Å². The molecule has 0 unspecified atom stereocenters. The van der Waals surface area contributed by atoms with Gasteiger partial charge in [0.25, 0.3) is 0 Å². The third-order valence-corrected chi connectivity index (χ3v) is 5.16. The predicted octanol–water partition coefficient (Wildman–Crippen LogP) is 5.48. The van der Waals surface area contributed by atoms with Gasteiger partial charge in [0, 0.05) is 17.3 Å². The molecule has 7 heteroatoms. The van der Waals surface area contributed by atoms with Crippen LogP contribution >= 0.6 is 22.9 Å². The van der Waals surface area contributed by atoms with Crippen LogP contribution in [0.1, 0.15) is 11.3 Å². The van der Waals surface area contributed by atoms with Gasteiger partial charge in [0.15, 0.2) is 5.13 Å². The molecule has 0 saturated carbocycles. The zero-order valence-corrected chi connectivity index (χ0v) is 16.1. The number of nitrogens with zero attached hydrogens (tertiary/aromatic N) is 3. The summed E-state index contributed by atoms with van der Waals surface area (Å²) in [4.78, 5) is 9.38. The topological polar surface area (TPSA) is 51.5 Å². The summed E-state index contributed by atoms with van der Waals surface area (Å²) in [6, 6.07) is 9.71. The molecule has 5 nitrogen and oxygen atoms in total. The molecule has 3 heterocycles. The van der Waals surface area contributed by atoms with E-state index in [4.69, 9.17) is 21.3 Å². The number of hydrogen-bond acceptors (Lipinski definition) is 5. The van der Waals surface area contributed by atoms with Crippen molar-refractivity contribution in [2.45, 2.75) is 13.8 Å². The van der Waals surface area contributed by atoms with Gasteiger partial charge in [-0.25, -0.2) is 9.97 Å². The van der Waals surface area contributed by atoms with Gasteiger partial charge in [0.2, 0.25) is 0 Å². The molecule has 0 spiro atoms. The Labute approximate surface area is 160 Å². The smallest absolute Gasteiger partial charge is 0.187 e. The summed E-state index contributed by atoms with van der Waals surface area (Å²) in [5.74, 6) is 0.647. The lowest BCUT2D eigenvalue weighted by atomic mass is 10.2. The number of halogens is 1. The van der Waals surface area contributed by atoms with E-state index in [0.717, 1.165) is 33.5 Å². The first kappa shape index (κ1) is 16.9. The summed E-state index contributed by atoms with van der Waals surface area (Å²) in [6.07, 6.45) is 2.04. The number of ether oxygens (including phenoxy) is 1. The van der Waals surface area contributed by atoms with E-state index in [0.29, 0.717) is 10.8 Å². The van der Waals surface area contributed by atoms with Gasteiger partial charge in [-0.2, -0.15) is 0 Å². The van der Waals surface area contributed by atoms with Gasteiger partial charge < -0.3 is 10.1 Å². The minimum absolute atomic E-state index is 0.558. The number of anilines is 2. The first-order valence-electron chi connectivity index (χ1n) is 8.07. The first-order chi connectivity index (χ1) is 12.5. The van der Waals surface area contributed by atoms with Gasteiger partial charge in [-0.1, -0.05) is 11.6 Å². The highest BCUT2D eigenvalue weighted by molar-refractivity contribution is 7.14. The van der Waals surface area contributed by atoms with Crippen molar-refractivity contribution >= 4 is 39.4 Å². The van der Waals surface area contributed by atoms with Crippen molar-refractivity contribution in [1.82, 2.24) is 14.4 Å². The lowest BCUT2D eigenvalue weighted by Gasteiger charge is -2.06. The second-order valence-electron chi connectivity index (χ2n) is 5.99. The van der Waals surface area contributed by atoms with Crippen molar-refractivity contribution in [2.24, 2.45) is 0 Å². The highest BCUT2D eigenvalue weighted by Crippen LogP contribution is 2.32. The summed E-state index contributed by atoms with van der Waals surface area (Å²) in [5.41, 5.74) is 5.85. The zero-order valence-electron chi connectivity index (χ0n) is 14.6. The average molecular weight is 385 g/mol. The Morgan fingerprint density at radius 1 is 1.15 bits per heavy atom. The van der Waals surface area contributed by atoms with Crippen LogP contribution in [0.2, 0.25) is 5.02 Å². The van der Waals surface area contributed by atoms with Gasteiger partial charge in [-0.3, -0.25) is 4.40 Å². The molecule has 0 radical (unpaired) electrons. The molecule has 0 bridgehead atoms. The van der Waals surface area contributed by atoms with Gasteiger partial charge >= 0.3 is 0 Å². The molecule has 0 aliphatic heterocycles. The molecule has 0 aliphatic carbocycles. The van der Waals surface area contributed by atoms with E-state index in [1.807, 2.05) is 36.7 Å². The Morgan fingerprint density at radius 3 is 2.77 bits per heavy atom. The Bertz CT molecular complexity index is 1100. The SMILES string of the molecule is COc1ccc(Nc2nc(-c3c(C)nc4cc(C)ccn34)cs2)cc1Cl. The number of hydrogen-bond donors (Lipinski definition) is 1. The van der Waals surface area contributed by atoms with Crippen molar-refractivity contribution in [3.8, 4) is 17.1 Å². The molecule has 3 aromatic heterocycles. The molecule has 26 heavy (non-hydrogen) atoms. The van der Waals surface area contributed by atoms with Crippen LogP contribution in [0.3, 0.4) is 0 Å². The largest absolute Gasteiger partial charge is 0.495 e. The van der Waals surface area contributed by atoms with Crippen LogP contribution in [0.25, 0.3) is 17.0 Å². The molecule has 1 aromatic carbocycles. The predicted molar refractivity (Wildman–Crippen MR) is 107 cm³/mol. The highest BCUT2D eigenvalue weighted by atomic mass is 35.5. The van der Waals surface area contributed by atoms with E-state index in [1.54, 1.807) is 18.4 Å². The van der Waals surface area contributed by atoms with Gasteiger partial charge in [-0.05, 0) is 49.7 Å². The minimum Gasteiger partial charge on any atom is -0.495 e. The first-order valence-corrected chi connectivity index (χ1v) is 9.32. The van der Waals surface area contributed by atoms with Crippen molar-refractivity contribution in [3.05, 3.63) is 58.2 Å². The Balaban J connectivity index is 1.66. The fraction of sp³-hybridized carbons (Fsp3) is 0.158. The maximum atomic E-state index is 6.19. The van der Waals surface area contributed by atoms with Crippen molar-refractivity contribution in [1.29, 1.82) is 0 Å². The Hall–Kier alpha value is -2.57. The standard InChI is InChI=1S/C19H17ClN4OS/c1-11-6-7-24-17(8-11)21-12(2)18(24)15-10-26-19(23-15)22-13-4-5-16(25-3)14(20)9-13/h4-10H,1-3H3,(H,22,23). The van der Waals surface area contributed by atoms with Crippen molar-refractivity contribution in [3.63, 3.8) is 0 Å². The molecule has 4 aromatic rings. The van der Waals surface area contributed by atoms with Crippen LogP contribution in [-0.4, -0.2) is 21.5 Å². The summed E-state index contributed by atoms with van der Waals surface area (Å²) < 4.78 is 7.26. The quantitative estimate of drug-likeness (QED) is 0.506. The van der Waals surface area contributed by atoms with Crippen molar-refractivity contribution < 1.29 is 4.74 Å². The summed E-state index contributed by atoms with van der Waals surface area (Å²) >= 11 is 7.73. The average Bonchev–Trinajstić information content (AvgIpc) is 3.17. The Morgan fingerprint density at radius 2 is 2.00 bits per heavy atom. The maximum Gasteiger partial charge on any atom is 0.187 e. The van der Waals surface area contributed by atoms with E-state index < -0.39 is 0 Å². The van der Waals surface area contributed by atoms with E-state index in [-0.39, 0.29) is 0 Å². The number of benzene rings is 1. The number of methoxy groups -OCH3 is 1. The molecular weight excluding hydrogens is 368 g/mol. The summed E-state index contributed by atoms with van der Waals surface area (Å²) in [5, 5.41) is 6.68. The number of aryl methyl sites for hydroxylation is 2. The van der Waals surface area contributed by atoms with Crippen LogP contribution in [0.5, 0.6) is 5.75 Å². The molecule has 1 N–H and O–H groups in total. The lowest BCUT2D eigenvalue weighted by molar-refractivity contribution is 0.415. The van der Waals surface area contributed by atoms with Gasteiger partial charge in [0.1, 0.15) is 17.1 Å². The maximum absolute atomic E-state index is 6.19. The summed E-state index contributed by atoms with van der Waals surface area (Å²) in [6.45, 7) is 4.07. The zero-order chi connectivity index (χ0) is 18.3. The molecule has 0 aliphatic rings. The molecule has 132 valence electrons. The van der Waals surface area contributed by atoms with Gasteiger partial charge in [-0.15, -0.1) is 11.3 Å². The Kier molecular flexibility index (Phi) is 4.30. The van der Waals surface area contributed by atoms with Crippen LogP contribution in [0.15, 0.2) is 41.9 Å². The number of imidazole rings is 1. The third kappa shape index (κ3) is 3.02.